The Balaban J connectivity index is 3.10. The summed E-state index contributed by atoms with van der Waals surface area (Å²) < 4.78 is 4.83. The minimum Gasteiger partial charge on any atom is -0.359 e. The Bertz CT molecular complexity index is 267. The minimum atomic E-state index is 0.156. The lowest BCUT2D eigenvalue weighted by molar-refractivity contribution is 0.111. The lowest BCUT2D eigenvalue weighted by Crippen LogP contribution is -1.84. The molecule has 0 amide bonds. The largest absolute Gasteiger partial charge is 0.359 e. The molecule has 0 saturated carbocycles. The number of carbonyl (C=O) groups excluding carboxylic acids is 1. The van der Waals surface area contributed by atoms with Crippen molar-refractivity contribution in [3.8, 4) is 0 Å². The fourth-order valence-corrected chi connectivity index (χ4v) is 1.07. The van der Waals surface area contributed by atoms with Crippen molar-refractivity contribution in [2.75, 3.05) is 0 Å². The van der Waals surface area contributed by atoms with Gasteiger partial charge in [-0.05, 0) is 0 Å². The molecule has 0 N–H and O–H groups in total. The van der Waals surface area contributed by atoms with Crippen molar-refractivity contribution in [3.63, 3.8) is 0 Å². The van der Waals surface area contributed by atoms with Gasteiger partial charge >= 0.3 is 0 Å². The number of carbonyl (C=O) groups is 1. The van der Waals surface area contributed by atoms with Crippen molar-refractivity contribution in [3.05, 3.63) is 16.5 Å². The third-order valence-corrected chi connectivity index (χ3v) is 1.70. The Labute approximate surface area is 69.3 Å². The van der Waals surface area contributed by atoms with Crippen LogP contribution in [0.15, 0.2) is 4.52 Å². The van der Waals surface area contributed by atoms with E-state index in [1.807, 2.05) is 13.8 Å². The molecule has 4 heteroatoms. The van der Waals surface area contributed by atoms with Crippen molar-refractivity contribution in [2.45, 2.75) is 19.8 Å². The Morgan fingerprint density at radius 2 is 2.27 bits per heavy atom. The van der Waals surface area contributed by atoms with Crippen molar-refractivity contribution in [2.24, 2.45) is 0 Å². The van der Waals surface area contributed by atoms with Crippen LogP contribution in [-0.4, -0.2) is 11.4 Å². The molecule has 0 aliphatic heterocycles. The predicted molar refractivity (Wildman–Crippen MR) is 41.0 cm³/mol. The van der Waals surface area contributed by atoms with Crippen molar-refractivity contribution in [1.29, 1.82) is 0 Å². The summed E-state index contributed by atoms with van der Waals surface area (Å²) in [6.45, 7) is 3.84. The normalized spacial score (nSPS) is 10.5. The maximum absolute atomic E-state index is 10.3. The van der Waals surface area contributed by atoms with E-state index in [4.69, 9.17) is 16.1 Å². The van der Waals surface area contributed by atoms with Gasteiger partial charge in [0.2, 0.25) is 0 Å². The second-order valence-corrected chi connectivity index (χ2v) is 2.90. The average Bonchev–Trinajstić information content (AvgIpc) is 2.30. The summed E-state index contributed by atoms with van der Waals surface area (Å²) in [5.74, 6) is 0.720. The average molecular weight is 174 g/mol. The summed E-state index contributed by atoms with van der Waals surface area (Å²) in [5, 5.41) is 3.81. The molecule has 1 heterocycles. The lowest BCUT2D eigenvalue weighted by atomic mass is 10.1. The summed E-state index contributed by atoms with van der Waals surface area (Å²) in [4.78, 5) is 10.3. The fraction of sp³-hybridized carbons (Fsp3) is 0.429. The molecule has 0 aliphatic rings. The van der Waals surface area contributed by atoms with Crippen LogP contribution in [0.3, 0.4) is 0 Å². The van der Waals surface area contributed by atoms with Gasteiger partial charge in [-0.3, -0.25) is 4.79 Å². The van der Waals surface area contributed by atoms with Crippen LogP contribution < -0.4 is 0 Å². The third kappa shape index (κ3) is 1.43. The van der Waals surface area contributed by atoms with Crippen LogP contribution in [0.2, 0.25) is 5.02 Å². The maximum Gasteiger partial charge on any atom is 0.173 e. The SMILES string of the molecule is CC(C)c1onc(C=O)c1Cl. The molecule has 11 heavy (non-hydrogen) atoms. The smallest absolute Gasteiger partial charge is 0.173 e. The number of hydrogen-bond donors (Lipinski definition) is 0. The Hall–Kier alpha value is -0.830. The summed E-state index contributed by atoms with van der Waals surface area (Å²) >= 11 is 5.73. The number of aromatic nitrogens is 1. The Kier molecular flexibility index (Phi) is 2.29. The van der Waals surface area contributed by atoms with E-state index in [-0.39, 0.29) is 11.6 Å². The molecule has 0 radical (unpaired) electrons. The molecular formula is C7H8ClNO2. The zero-order valence-corrected chi connectivity index (χ0v) is 7.05. The standard InChI is InChI=1S/C7H8ClNO2/c1-4(2)7-6(8)5(3-10)9-11-7/h3-4H,1-2H3. The van der Waals surface area contributed by atoms with Gasteiger partial charge in [-0.2, -0.15) is 0 Å². The van der Waals surface area contributed by atoms with Crippen molar-refractivity contribution >= 4 is 17.9 Å². The number of hydrogen-bond acceptors (Lipinski definition) is 3. The summed E-state index contributed by atoms with van der Waals surface area (Å²) in [6.07, 6.45) is 0.581. The molecule has 0 fully saturated rings. The highest BCUT2D eigenvalue weighted by atomic mass is 35.5. The minimum absolute atomic E-state index is 0.156. The number of rotatable bonds is 2. The first-order valence-corrected chi connectivity index (χ1v) is 3.65. The number of aldehydes is 1. The van der Waals surface area contributed by atoms with E-state index in [0.29, 0.717) is 17.1 Å². The topological polar surface area (TPSA) is 43.1 Å². The summed E-state index contributed by atoms with van der Waals surface area (Å²) in [5.41, 5.74) is 0.176. The van der Waals surface area contributed by atoms with E-state index in [2.05, 4.69) is 5.16 Å². The number of halogens is 1. The molecule has 0 aromatic carbocycles. The molecule has 1 aromatic heterocycles. The lowest BCUT2D eigenvalue weighted by Gasteiger charge is -1.96. The second-order valence-electron chi connectivity index (χ2n) is 2.52. The molecule has 0 bridgehead atoms. The van der Waals surface area contributed by atoms with E-state index in [1.54, 1.807) is 0 Å². The van der Waals surface area contributed by atoms with E-state index < -0.39 is 0 Å². The van der Waals surface area contributed by atoms with Crippen LogP contribution in [0.25, 0.3) is 0 Å². The zero-order chi connectivity index (χ0) is 8.43. The third-order valence-electron chi connectivity index (χ3n) is 1.32. The Morgan fingerprint density at radius 1 is 1.64 bits per heavy atom. The van der Waals surface area contributed by atoms with E-state index in [9.17, 15) is 4.79 Å². The van der Waals surface area contributed by atoms with Crippen molar-refractivity contribution in [1.82, 2.24) is 5.16 Å². The summed E-state index contributed by atoms with van der Waals surface area (Å²) in [6, 6.07) is 0. The van der Waals surface area contributed by atoms with Crippen LogP contribution in [0.1, 0.15) is 36.0 Å². The van der Waals surface area contributed by atoms with Crippen LogP contribution >= 0.6 is 11.6 Å². The molecule has 0 spiro atoms. The molecular weight excluding hydrogens is 166 g/mol. The van der Waals surface area contributed by atoms with Gasteiger partial charge in [0, 0.05) is 5.92 Å². The highest BCUT2D eigenvalue weighted by Crippen LogP contribution is 2.25. The second kappa shape index (κ2) is 3.05. The molecule has 1 aromatic rings. The first kappa shape index (κ1) is 8.27. The molecule has 0 atom stereocenters. The van der Waals surface area contributed by atoms with Gasteiger partial charge in [-0.1, -0.05) is 30.6 Å². The highest BCUT2D eigenvalue weighted by Gasteiger charge is 2.15. The molecule has 3 nitrogen and oxygen atoms in total. The van der Waals surface area contributed by atoms with Gasteiger partial charge in [0.05, 0.1) is 0 Å². The zero-order valence-electron chi connectivity index (χ0n) is 6.30. The first-order valence-electron chi connectivity index (χ1n) is 3.27. The highest BCUT2D eigenvalue weighted by molar-refractivity contribution is 6.33. The van der Waals surface area contributed by atoms with Gasteiger partial charge in [0.15, 0.2) is 17.7 Å². The fourth-order valence-electron chi connectivity index (χ4n) is 0.737. The quantitative estimate of drug-likeness (QED) is 0.645. The van der Waals surface area contributed by atoms with Gasteiger partial charge in [-0.25, -0.2) is 0 Å². The Morgan fingerprint density at radius 3 is 2.55 bits per heavy atom. The van der Waals surface area contributed by atoms with Crippen LogP contribution in [0, 0.1) is 0 Å². The molecule has 1 rings (SSSR count). The van der Waals surface area contributed by atoms with Gasteiger partial charge < -0.3 is 4.52 Å². The first-order chi connectivity index (χ1) is 5.16. The molecule has 0 unspecified atom stereocenters. The van der Waals surface area contributed by atoms with Crippen LogP contribution in [-0.2, 0) is 0 Å². The predicted octanol–water partition coefficient (Wildman–Crippen LogP) is 2.26. The molecule has 0 saturated heterocycles. The van der Waals surface area contributed by atoms with Crippen LogP contribution in [0.4, 0.5) is 0 Å². The van der Waals surface area contributed by atoms with Crippen LogP contribution in [0.5, 0.6) is 0 Å². The van der Waals surface area contributed by atoms with E-state index in [1.165, 1.54) is 0 Å². The molecule has 60 valence electrons. The van der Waals surface area contributed by atoms with E-state index >= 15 is 0 Å². The molecule has 0 aliphatic carbocycles. The van der Waals surface area contributed by atoms with Gasteiger partial charge in [0.25, 0.3) is 0 Å². The number of nitrogens with zero attached hydrogens (tertiary/aromatic N) is 1. The van der Waals surface area contributed by atoms with E-state index in [0.717, 1.165) is 0 Å². The van der Waals surface area contributed by atoms with Crippen molar-refractivity contribution < 1.29 is 9.32 Å². The summed E-state index contributed by atoms with van der Waals surface area (Å²) in [7, 11) is 0. The van der Waals surface area contributed by atoms with Gasteiger partial charge in [-0.15, -0.1) is 0 Å². The van der Waals surface area contributed by atoms with Gasteiger partial charge in [0.1, 0.15) is 5.02 Å². The maximum atomic E-state index is 10.3. The monoisotopic (exact) mass is 173 g/mol.